The molecule has 0 aromatic heterocycles. The second-order valence-corrected chi connectivity index (χ2v) is 6.63. The molecule has 1 aromatic carbocycles. The first-order valence-electron chi connectivity index (χ1n) is 7.40. The summed E-state index contributed by atoms with van der Waals surface area (Å²) < 4.78 is 5.67. The van der Waals surface area contributed by atoms with Crippen LogP contribution < -0.4 is 10.1 Å². The van der Waals surface area contributed by atoms with Crippen molar-refractivity contribution in [3.05, 3.63) is 29.8 Å². The van der Waals surface area contributed by atoms with Crippen LogP contribution >= 0.6 is 11.8 Å². The van der Waals surface area contributed by atoms with Crippen LogP contribution in [-0.4, -0.2) is 35.4 Å². The average Bonchev–Trinajstić information content (AvgIpc) is 2.47. The Morgan fingerprint density at radius 1 is 1.35 bits per heavy atom. The zero-order valence-electron chi connectivity index (χ0n) is 12.4. The van der Waals surface area contributed by atoms with E-state index in [-0.39, 0.29) is 6.04 Å². The third-order valence-corrected chi connectivity index (χ3v) is 4.83. The molecular formula is C16H25NO2S. The number of thioether (sulfide) groups is 1. The van der Waals surface area contributed by atoms with Crippen molar-refractivity contribution in [1.82, 2.24) is 5.32 Å². The first kappa shape index (κ1) is 15.7. The molecule has 1 atom stereocenters. The Hall–Kier alpha value is -0.710. The van der Waals surface area contributed by atoms with Crippen molar-refractivity contribution in [1.29, 1.82) is 0 Å². The Bertz CT molecular complexity index is 419. The first-order chi connectivity index (χ1) is 9.64. The van der Waals surface area contributed by atoms with Gasteiger partial charge in [0.2, 0.25) is 0 Å². The van der Waals surface area contributed by atoms with Gasteiger partial charge < -0.3 is 15.2 Å². The molecule has 1 saturated heterocycles. The van der Waals surface area contributed by atoms with Gasteiger partial charge in [-0.1, -0.05) is 18.2 Å². The van der Waals surface area contributed by atoms with E-state index < -0.39 is 5.60 Å². The zero-order chi connectivity index (χ0) is 14.4. The molecular weight excluding hydrogens is 270 g/mol. The minimum atomic E-state index is -0.542. The van der Waals surface area contributed by atoms with Gasteiger partial charge in [0.15, 0.2) is 0 Å². The lowest BCUT2D eigenvalue weighted by Gasteiger charge is -2.33. The van der Waals surface area contributed by atoms with Gasteiger partial charge in [-0.3, -0.25) is 0 Å². The summed E-state index contributed by atoms with van der Waals surface area (Å²) in [4.78, 5) is 0. The van der Waals surface area contributed by atoms with E-state index in [9.17, 15) is 5.11 Å². The van der Waals surface area contributed by atoms with Crippen molar-refractivity contribution < 1.29 is 9.84 Å². The molecule has 4 heteroatoms. The molecule has 0 radical (unpaired) electrons. The van der Waals surface area contributed by atoms with E-state index in [4.69, 9.17) is 4.74 Å². The highest BCUT2D eigenvalue weighted by atomic mass is 32.2. The molecule has 2 rings (SSSR count). The molecule has 0 saturated carbocycles. The van der Waals surface area contributed by atoms with Crippen molar-refractivity contribution in [3.8, 4) is 5.75 Å². The van der Waals surface area contributed by atoms with Gasteiger partial charge in [-0.25, -0.2) is 0 Å². The molecule has 1 aromatic rings. The summed E-state index contributed by atoms with van der Waals surface area (Å²) in [5.41, 5.74) is 0.614. The second kappa shape index (κ2) is 7.34. The number of hydrogen-bond acceptors (Lipinski definition) is 4. The van der Waals surface area contributed by atoms with Crippen molar-refractivity contribution >= 4 is 11.8 Å². The van der Waals surface area contributed by atoms with Crippen molar-refractivity contribution in [2.24, 2.45) is 0 Å². The van der Waals surface area contributed by atoms with Crippen LogP contribution in [0.4, 0.5) is 0 Å². The molecule has 1 aliphatic rings. The lowest BCUT2D eigenvalue weighted by atomic mass is 9.96. The second-order valence-electron chi connectivity index (χ2n) is 5.41. The van der Waals surface area contributed by atoms with Crippen molar-refractivity contribution in [2.75, 3.05) is 24.7 Å². The van der Waals surface area contributed by atoms with E-state index >= 15 is 0 Å². The Morgan fingerprint density at radius 2 is 2.05 bits per heavy atom. The number of para-hydroxylation sites is 1. The van der Waals surface area contributed by atoms with Crippen LogP contribution in [0.25, 0.3) is 0 Å². The highest BCUT2D eigenvalue weighted by molar-refractivity contribution is 7.99. The van der Waals surface area contributed by atoms with Crippen LogP contribution in [0.2, 0.25) is 0 Å². The van der Waals surface area contributed by atoms with Gasteiger partial charge in [0, 0.05) is 18.2 Å². The molecule has 0 aliphatic carbocycles. The molecule has 1 aliphatic heterocycles. The monoisotopic (exact) mass is 295 g/mol. The molecule has 1 unspecified atom stereocenters. The van der Waals surface area contributed by atoms with E-state index in [1.165, 1.54) is 0 Å². The zero-order valence-corrected chi connectivity index (χ0v) is 13.2. The third kappa shape index (κ3) is 4.14. The lowest BCUT2D eigenvalue weighted by molar-refractivity contribution is 0.0299. The van der Waals surface area contributed by atoms with Crippen molar-refractivity contribution in [3.63, 3.8) is 0 Å². The van der Waals surface area contributed by atoms with E-state index in [2.05, 4.69) is 18.3 Å². The number of ether oxygens (including phenoxy) is 1. The molecule has 2 N–H and O–H groups in total. The Kier molecular flexibility index (Phi) is 5.75. The first-order valence-corrected chi connectivity index (χ1v) is 8.55. The minimum absolute atomic E-state index is 0.177. The van der Waals surface area contributed by atoms with Crippen LogP contribution in [0.5, 0.6) is 5.75 Å². The predicted molar refractivity (Wildman–Crippen MR) is 85.5 cm³/mol. The van der Waals surface area contributed by atoms with Gasteiger partial charge in [-0.05, 0) is 44.3 Å². The molecule has 112 valence electrons. The summed E-state index contributed by atoms with van der Waals surface area (Å²) in [5.74, 6) is 3.05. The number of benzene rings is 1. The largest absolute Gasteiger partial charge is 0.494 e. The van der Waals surface area contributed by atoms with Crippen LogP contribution in [-0.2, 0) is 0 Å². The molecule has 1 heterocycles. The Labute approximate surface area is 126 Å². The molecule has 3 nitrogen and oxygen atoms in total. The van der Waals surface area contributed by atoms with Gasteiger partial charge in [0.1, 0.15) is 5.75 Å². The van der Waals surface area contributed by atoms with Gasteiger partial charge in [0.25, 0.3) is 0 Å². The fourth-order valence-electron chi connectivity index (χ4n) is 2.51. The quantitative estimate of drug-likeness (QED) is 0.846. The minimum Gasteiger partial charge on any atom is -0.494 e. The third-order valence-electron chi connectivity index (χ3n) is 3.85. The SMILES string of the molecule is CCOc1ccccc1C(C)NCC1(O)CCSCC1. The smallest absolute Gasteiger partial charge is 0.124 e. The fraction of sp³-hybridized carbons (Fsp3) is 0.625. The topological polar surface area (TPSA) is 41.5 Å². The Morgan fingerprint density at radius 3 is 2.75 bits per heavy atom. The van der Waals surface area contributed by atoms with E-state index in [1.807, 2.05) is 36.9 Å². The molecule has 0 amide bonds. The lowest BCUT2D eigenvalue weighted by Crippen LogP contribution is -2.44. The standard InChI is InChI=1S/C16H25NO2S/c1-3-19-15-7-5-4-6-14(15)13(2)17-12-16(18)8-10-20-11-9-16/h4-7,13,17-18H,3,8-12H2,1-2H3. The maximum atomic E-state index is 10.5. The number of hydrogen-bond donors (Lipinski definition) is 2. The van der Waals surface area contributed by atoms with Gasteiger partial charge in [0.05, 0.1) is 12.2 Å². The number of nitrogens with one attached hydrogen (secondary N) is 1. The summed E-state index contributed by atoms with van der Waals surface area (Å²) in [6.45, 7) is 5.44. The summed E-state index contributed by atoms with van der Waals surface area (Å²) >= 11 is 1.93. The van der Waals surface area contributed by atoms with Gasteiger partial charge in [-0.15, -0.1) is 0 Å². The normalized spacial score (nSPS) is 19.6. The average molecular weight is 295 g/mol. The fourth-order valence-corrected chi connectivity index (χ4v) is 3.76. The summed E-state index contributed by atoms with van der Waals surface area (Å²) in [6, 6.07) is 8.29. The predicted octanol–water partition coefficient (Wildman–Crippen LogP) is 2.99. The van der Waals surface area contributed by atoms with Crippen LogP contribution in [0.1, 0.15) is 38.3 Å². The molecule has 20 heavy (non-hydrogen) atoms. The van der Waals surface area contributed by atoms with E-state index in [1.54, 1.807) is 0 Å². The van der Waals surface area contributed by atoms with Crippen LogP contribution in [0.3, 0.4) is 0 Å². The van der Waals surface area contributed by atoms with E-state index in [0.717, 1.165) is 35.7 Å². The summed E-state index contributed by atoms with van der Waals surface area (Å²) in [5, 5.41) is 14.0. The molecule has 1 fully saturated rings. The van der Waals surface area contributed by atoms with Crippen LogP contribution in [0.15, 0.2) is 24.3 Å². The number of rotatable bonds is 6. The van der Waals surface area contributed by atoms with E-state index in [0.29, 0.717) is 13.2 Å². The highest BCUT2D eigenvalue weighted by Gasteiger charge is 2.29. The highest BCUT2D eigenvalue weighted by Crippen LogP contribution is 2.28. The summed E-state index contributed by atoms with van der Waals surface area (Å²) in [6.07, 6.45) is 1.76. The number of aliphatic hydroxyl groups is 1. The molecule has 0 bridgehead atoms. The maximum Gasteiger partial charge on any atom is 0.124 e. The van der Waals surface area contributed by atoms with Gasteiger partial charge in [-0.2, -0.15) is 11.8 Å². The summed E-state index contributed by atoms with van der Waals surface area (Å²) in [7, 11) is 0. The Balaban J connectivity index is 1.95. The van der Waals surface area contributed by atoms with Crippen LogP contribution in [0, 0.1) is 0 Å². The molecule has 0 spiro atoms. The van der Waals surface area contributed by atoms with Crippen molar-refractivity contribution in [2.45, 2.75) is 38.3 Å². The maximum absolute atomic E-state index is 10.5. The van der Waals surface area contributed by atoms with Gasteiger partial charge >= 0.3 is 0 Å².